The number of benzene rings is 3. The van der Waals surface area contributed by atoms with Gasteiger partial charge in [0.1, 0.15) is 17.7 Å². The lowest BCUT2D eigenvalue weighted by molar-refractivity contribution is -0.133. The van der Waals surface area contributed by atoms with Crippen molar-refractivity contribution in [3.05, 3.63) is 102 Å². The van der Waals surface area contributed by atoms with Crippen LogP contribution >= 0.6 is 0 Å². The van der Waals surface area contributed by atoms with Crippen molar-refractivity contribution in [1.82, 2.24) is 15.5 Å². The van der Waals surface area contributed by atoms with Crippen LogP contribution in [0.3, 0.4) is 0 Å². The Morgan fingerprint density at radius 1 is 0.900 bits per heavy atom. The summed E-state index contributed by atoms with van der Waals surface area (Å²) in [7, 11) is 0. The van der Waals surface area contributed by atoms with Gasteiger partial charge in [0.25, 0.3) is 5.91 Å². The van der Waals surface area contributed by atoms with Gasteiger partial charge in [-0.25, -0.2) is 8.78 Å². The molecule has 6 nitrogen and oxygen atoms in total. The van der Waals surface area contributed by atoms with E-state index in [2.05, 4.69) is 34.6 Å². The normalized spacial score (nSPS) is 21.1. The Hall–Kier alpha value is -3.78. The van der Waals surface area contributed by atoms with E-state index in [0.29, 0.717) is 44.0 Å². The molecule has 0 aromatic heterocycles. The van der Waals surface area contributed by atoms with Crippen LogP contribution in [-0.2, 0) is 4.79 Å². The maximum Gasteiger partial charge on any atom is 0.251 e. The van der Waals surface area contributed by atoms with E-state index in [-0.39, 0.29) is 23.2 Å². The Morgan fingerprint density at radius 3 is 2.17 bits per heavy atom. The van der Waals surface area contributed by atoms with Crippen molar-refractivity contribution in [2.24, 2.45) is 0 Å². The number of nitrogens with one attached hydrogen (secondary N) is 2. The van der Waals surface area contributed by atoms with Gasteiger partial charge in [-0.15, -0.1) is 0 Å². The lowest BCUT2D eigenvalue weighted by Gasteiger charge is -2.37. The van der Waals surface area contributed by atoms with E-state index >= 15 is 0 Å². The number of hydrogen-bond acceptors (Lipinski definition) is 4. The summed E-state index contributed by atoms with van der Waals surface area (Å²) in [5.41, 5.74) is 2.50. The Kier molecular flexibility index (Phi) is 8.45. The summed E-state index contributed by atoms with van der Waals surface area (Å²) in [4.78, 5) is 30.7. The first-order valence-corrected chi connectivity index (χ1v) is 14.0. The number of carbonyl (C=O) groups excluding carboxylic acids is 2. The number of anilines is 1. The zero-order valence-corrected chi connectivity index (χ0v) is 22.8. The van der Waals surface area contributed by atoms with Crippen molar-refractivity contribution in [2.45, 2.75) is 43.7 Å². The molecule has 3 atom stereocenters. The van der Waals surface area contributed by atoms with Crippen LogP contribution in [0.15, 0.2) is 78.9 Å². The third kappa shape index (κ3) is 6.67. The van der Waals surface area contributed by atoms with Crippen LogP contribution in [-0.4, -0.2) is 61.0 Å². The maximum absolute atomic E-state index is 13.6. The predicted molar refractivity (Wildman–Crippen MR) is 152 cm³/mol. The van der Waals surface area contributed by atoms with Gasteiger partial charge in [0.05, 0.1) is 0 Å². The number of carbonyl (C=O) groups is 2. The summed E-state index contributed by atoms with van der Waals surface area (Å²) >= 11 is 0. The molecule has 1 unspecified atom stereocenters. The highest BCUT2D eigenvalue weighted by molar-refractivity contribution is 5.97. The van der Waals surface area contributed by atoms with Crippen LogP contribution < -0.4 is 15.5 Å². The quantitative estimate of drug-likeness (QED) is 0.361. The molecule has 2 fully saturated rings. The highest BCUT2D eigenvalue weighted by Crippen LogP contribution is 2.51. The molecule has 210 valence electrons. The van der Waals surface area contributed by atoms with Crippen LogP contribution in [0.4, 0.5) is 14.5 Å². The molecule has 1 aliphatic heterocycles. The number of hydrogen-bond donors (Lipinski definition) is 2. The lowest BCUT2D eigenvalue weighted by atomic mass is 10.1. The zero-order valence-electron chi connectivity index (χ0n) is 22.8. The van der Waals surface area contributed by atoms with E-state index in [1.165, 1.54) is 36.4 Å². The Labute approximate surface area is 234 Å². The molecule has 2 N–H and O–H groups in total. The Morgan fingerprint density at radius 2 is 1.52 bits per heavy atom. The number of rotatable bonds is 10. The molecule has 0 spiro atoms. The van der Waals surface area contributed by atoms with Crippen molar-refractivity contribution in [3.63, 3.8) is 0 Å². The van der Waals surface area contributed by atoms with Crippen LogP contribution in [0.25, 0.3) is 0 Å². The van der Waals surface area contributed by atoms with Gasteiger partial charge in [-0.2, -0.15) is 0 Å². The van der Waals surface area contributed by atoms with Gasteiger partial charge in [0.2, 0.25) is 5.91 Å². The largest absolute Gasteiger partial charge is 0.368 e. The number of nitrogens with zero attached hydrogens (tertiary/aromatic N) is 2. The fourth-order valence-electron chi connectivity index (χ4n) is 5.57. The Balaban J connectivity index is 1.18. The number of piperazine rings is 1. The van der Waals surface area contributed by atoms with E-state index < -0.39 is 11.9 Å². The van der Waals surface area contributed by atoms with Gasteiger partial charge >= 0.3 is 0 Å². The summed E-state index contributed by atoms with van der Waals surface area (Å²) in [6.07, 6.45) is 2.14. The molecule has 0 bridgehead atoms. The molecule has 3 aromatic carbocycles. The summed E-state index contributed by atoms with van der Waals surface area (Å²) in [5, 5.41) is 6.52. The fourth-order valence-corrected chi connectivity index (χ4v) is 5.57. The molecule has 1 aliphatic carbocycles. The second-order valence-electron chi connectivity index (χ2n) is 11.0. The highest BCUT2D eigenvalue weighted by Gasteiger charge is 2.50. The molecule has 2 aliphatic rings. The first kappa shape index (κ1) is 27.8. The molecule has 1 saturated heterocycles. The third-order valence-electron chi connectivity index (χ3n) is 8.13. The van der Waals surface area contributed by atoms with Gasteiger partial charge < -0.3 is 20.4 Å². The minimum atomic E-state index is -0.678. The zero-order chi connectivity index (χ0) is 28.1. The Bertz CT molecular complexity index is 1290. The number of amides is 2. The van der Waals surface area contributed by atoms with Gasteiger partial charge in [-0.05, 0) is 86.8 Å². The van der Waals surface area contributed by atoms with E-state index in [0.717, 1.165) is 30.8 Å². The SMILES string of the molecule is CC1(NCCC[C@H](NC(=O)c2ccc(F)cc2)C(=O)N2CCN(c3ccccc3)CC2)C[C@H]1c1ccc(F)cc1. The molecule has 3 aromatic rings. The first-order valence-electron chi connectivity index (χ1n) is 14.0. The fraction of sp³-hybridized carbons (Fsp3) is 0.375. The number of para-hydroxylation sites is 1. The van der Waals surface area contributed by atoms with Gasteiger partial charge in [-0.3, -0.25) is 9.59 Å². The van der Waals surface area contributed by atoms with E-state index in [1.54, 1.807) is 0 Å². The predicted octanol–water partition coefficient (Wildman–Crippen LogP) is 4.73. The monoisotopic (exact) mass is 546 g/mol. The second kappa shape index (κ2) is 12.2. The standard InChI is InChI=1S/C32H36F2N4O2/c1-32(22-28(32)23-9-13-25(33)14-10-23)35-17-5-8-29(36-30(39)24-11-15-26(34)16-12-24)31(40)38-20-18-37(19-21-38)27-6-3-2-4-7-27/h2-4,6-7,9-16,28-29,35H,5,8,17-22H2,1H3,(H,36,39)/t28-,29-,32?/m0/s1. The van der Waals surface area contributed by atoms with Crippen molar-refractivity contribution >= 4 is 17.5 Å². The van der Waals surface area contributed by atoms with Crippen molar-refractivity contribution in [2.75, 3.05) is 37.6 Å². The summed E-state index contributed by atoms with van der Waals surface area (Å²) < 4.78 is 26.7. The van der Waals surface area contributed by atoms with Gasteiger partial charge in [0.15, 0.2) is 0 Å². The summed E-state index contributed by atoms with van der Waals surface area (Å²) in [6.45, 7) is 5.44. The van der Waals surface area contributed by atoms with Crippen LogP contribution in [0, 0.1) is 11.6 Å². The molecular weight excluding hydrogens is 510 g/mol. The van der Waals surface area contributed by atoms with Crippen molar-refractivity contribution in [1.29, 1.82) is 0 Å². The number of halogens is 2. The first-order chi connectivity index (χ1) is 19.3. The molecule has 5 rings (SSSR count). The minimum Gasteiger partial charge on any atom is -0.368 e. The van der Waals surface area contributed by atoms with E-state index in [4.69, 9.17) is 0 Å². The molecule has 1 saturated carbocycles. The molecule has 1 heterocycles. The second-order valence-corrected chi connectivity index (χ2v) is 11.0. The average Bonchev–Trinajstić information content (AvgIpc) is 3.66. The molecule has 8 heteroatoms. The average molecular weight is 547 g/mol. The minimum absolute atomic E-state index is 0.0670. The topological polar surface area (TPSA) is 64.7 Å². The van der Waals surface area contributed by atoms with Crippen molar-refractivity contribution in [3.8, 4) is 0 Å². The molecular formula is C32H36F2N4O2. The maximum atomic E-state index is 13.6. The van der Waals surface area contributed by atoms with E-state index in [1.807, 2.05) is 35.2 Å². The molecule has 2 amide bonds. The lowest BCUT2D eigenvalue weighted by Crippen LogP contribution is -2.55. The van der Waals surface area contributed by atoms with Crippen LogP contribution in [0.1, 0.15) is 48.0 Å². The van der Waals surface area contributed by atoms with E-state index in [9.17, 15) is 18.4 Å². The molecule has 0 radical (unpaired) electrons. The van der Waals surface area contributed by atoms with Crippen LogP contribution in [0.5, 0.6) is 0 Å². The summed E-state index contributed by atoms with van der Waals surface area (Å²) in [5.74, 6) is -0.813. The van der Waals surface area contributed by atoms with Crippen LogP contribution in [0.2, 0.25) is 0 Å². The van der Waals surface area contributed by atoms with Crippen molar-refractivity contribution < 1.29 is 18.4 Å². The third-order valence-corrected chi connectivity index (χ3v) is 8.13. The van der Waals surface area contributed by atoms with Gasteiger partial charge in [0, 0.05) is 48.9 Å². The molecule has 40 heavy (non-hydrogen) atoms. The van der Waals surface area contributed by atoms with Gasteiger partial charge in [-0.1, -0.05) is 30.3 Å². The highest BCUT2D eigenvalue weighted by atomic mass is 19.1. The smallest absolute Gasteiger partial charge is 0.251 e. The summed E-state index contributed by atoms with van der Waals surface area (Å²) in [6, 6.07) is 21.5.